The van der Waals surface area contributed by atoms with E-state index in [1.54, 1.807) is 18.2 Å². The second-order valence-electron chi connectivity index (χ2n) is 5.90. The molecule has 0 bridgehead atoms. The summed E-state index contributed by atoms with van der Waals surface area (Å²) in [7, 11) is 0. The Kier molecular flexibility index (Phi) is 8.26. The van der Waals surface area contributed by atoms with E-state index in [9.17, 15) is 14.4 Å². The maximum absolute atomic E-state index is 11.7. The van der Waals surface area contributed by atoms with Crippen LogP contribution in [0.1, 0.15) is 32.3 Å². The summed E-state index contributed by atoms with van der Waals surface area (Å²) in [6.45, 7) is 5.22. The van der Waals surface area contributed by atoms with Gasteiger partial charge in [-0.05, 0) is 37.0 Å². The summed E-state index contributed by atoms with van der Waals surface area (Å²) in [5.74, 6) is -0.963. The third-order valence-corrected chi connectivity index (χ3v) is 3.45. The summed E-state index contributed by atoms with van der Waals surface area (Å²) in [4.78, 5) is 34.7. The Morgan fingerprint density at radius 1 is 1.21 bits per heavy atom. The zero-order valence-corrected chi connectivity index (χ0v) is 14.9. The van der Waals surface area contributed by atoms with Crippen LogP contribution in [0.4, 0.5) is 5.69 Å². The molecule has 6 nitrogen and oxygen atoms in total. The van der Waals surface area contributed by atoms with Crippen LogP contribution in [0, 0.1) is 12.8 Å². The van der Waals surface area contributed by atoms with Gasteiger partial charge in [-0.2, -0.15) is 0 Å². The van der Waals surface area contributed by atoms with Gasteiger partial charge in [-0.25, -0.2) is 0 Å². The van der Waals surface area contributed by atoms with Crippen molar-refractivity contribution in [2.75, 3.05) is 18.5 Å². The molecule has 1 aromatic rings. The largest absolute Gasteiger partial charge is 0.454 e. The summed E-state index contributed by atoms with van der Waals surface area (Å²) in [6.07, 6.45) is 1.11. The van der Waals surface area contributed by atoms with Crippen molar-refractivity contribution in [2.24, 2.45) is 5.92 Å². The first-order valence-corrected chi connectivity index (χ1v) is 8.14. The molecule has 2 amide bonds. The lowest BCUT2D eigenvalue weighted by Gasteiger charge is -2.09. The Morgan fingerprint density at radius 3 is 2.54 bits per heavy atom. The lowest BCUT2D eigenvalue weighted by atomic mass is 10.1. The van der Waals surface area contributed by atoms with Crippen LogP contribution in [0.3, 0.4) is 0 Å². The predicted molar refractivity (Wildman–Crippen MR) is 92.9 cm³/mol. The molecule has 24 heavy (non-hydrogen) atoms. The molecule has 0 saturated heterocycles. The molecule has 2 N–H and O–H groups in total. The monoisotopic (exact) mass is 354 g/mol. The van der Waals surface area contributed by atoms with Crippen LogP contribution in [-0.4, -0.2) is 30.9 Å². The molecular weight excluding hydrogens is 332 g/mol. The van der Waals surface area contributed by atoms with Crippen LogP contribution in [-0.2, 0) is 19.1 Å². The van der Waals surface area contributed by atoms with Gasteiger partial charge in [-0.15, -0.1) is 0 Å². The fourth-order valence-corrected chi connectivity index (χ4v) is 2.07. The SMILES string of the molecule is Cc1ccc(NC(=O)COC(=O)CNC(=O)CCC(C)C)c(Cl)c1. The number of esters is 1. The van der Waals surface area contributed by atoms with Crippen molar-refractivity contribution in [3.8, 4) is 0 Å². The molecule has 7 heteroatoms. The molecule has 0 aliphatic heterocycles. The number of hydrogen-bond acceptors (Lipinski definition) is 4. The molecule has 1 aromatic carbocycles. The first kappa shape index (κ1) is 20.0. The molecule has 0 atom stereocenters. The van der Waals surface area contributed by atoms with Gasteiger partial charge in [0.2, 0.25) is 5.91 Å². The highest BCUT2D eigenvalue weighted by molar-refractivity contribution is 6.33. The number of anilines is 1. The number of carbonyl (C=O) groups excluding carboxylic acids is 3. The molecule has 0 radical (unpaired) electrons. The molecule has 0 saturated carbocycles. The lowest BCUT2D eigenvalue weighted by Crippen LogP contribution is -2.32. The normalized spacial score (nSPS) is 10.4. The minimum Gasteiger partial charge on any atom is -0.454 e. The number of rotatable bonds is 8. The van der Waals surface area contributed by atoms with Crippen LogP contribution in [0.25, 0.3) is 0 Å². The summed E-state index contributed by atoms with van der Waals surface area (Å²) in [6, 6.07) is 5.20. The van der Waals surface area contributed by atoms with Gasteiger partial charge >= 0.3 is 5.97 Å². The van der Waals surface area contributed by atoms with Gasteiger partial charge in [0.1, 0.15) is 6.54 Å². The average molecular weight is 355 g/mol. The van der Waals surface area contributed by atoms with E-state index >= 15 is 0 Å². The fraction of sp³-hybridized carbons (Fsp3) is 0.471. The van der Waals surface area contributed by atoms with Crippen molar-refractivity contribution in [2.45, 2.75) is 33.6 Å². The standard InChI is InChI=1S/C17H23ClN2O4/c1-11(2)4-7-15(21)19-9-17(23)24-10-16(22)20-14-6-5-12(3)8-13(14)18/h5-6,8,11H,4,7,9-10H2,1-3H3,(H,19,21)(H,20,22). The van der Waals surface area contributed by atoms with Crippen molar-refractivity contribution in [1.82, 2.24) is 5.32 Å². The van der Waals surface area contributed by atoms with Gasteiger partial charge in [-0.1, -0.05) is 31.5 Å². The Hall–Kier alpha value is -2.08. The number of amides is 2. The van der Waals surface area contributed by atoms with Gasteiger partial charge in [-0.3, -0.25) is 14.4 Å². The molecule has 0 fully saturated rings. The minimum absolute atomic E-state index is 0.212. The third-order valence-electron chi connectivity index (χ3n) is 3.14. The molecule has 1 rings (SSSR count). The van der Waals surface area contributed by atoms with E-state index in [0.717, 1.165) is 12.0 Å². The maximum Gasteiger partial charge on any atom is 0.325 e. The number of carbonyl (C=O) groups is 3. The van der Waals surface area contributed by atoms with E-state index in [-0.39, 0.29) is 12.5 Å². The van der Waals surface area contributed by atoms with Gasteiger partial charge in [0.05, 0.1) is 10.7 Å². The Balaban J connectivity index is 2.28. The molecule has 0 aliphatic carbocycles. The van der Waals surface area contributed by atoms with Gasteiger partial charge in [0, 0.05) is 6.42 Å². The summed E-state index contributed by atoms with van der Waals surface area (Å²) >= 11 is 6.00. The van der Waals surface area contributed by atoms with E-state index < -0.39 is 18.5 Å². The highest BCUT2D eigenvalue weighted by Crippen LogP contribution is 2.22. The maximum atomic E-state index is 11.7. The number of benzene rings is 1. The van der Waals surface area contributed by atoms with E-state index in [1.165, 1.54) is 0 Å². The lowest BCUT2D eigenvalue weighted by molar-refractivity contribution is -0.147. The summed E-state index contributed by atoms with van der Waals surface area (Å²) in [5, 5.41) is 5.42. The third kappa shape index (κ3) is 7.97. The van der Waals surface area contributed by atoms with Crippen LogP contribution in [0.2, 0.25) is 5.02 Å². The van der Waals surface area contributed by atoms with Crippen molar-refractivity contribution < 1.29 is 19.1 Å². The summed E-state index contributed by atoms with van der Waals surface area (Å²) < 4.78 is 4.81. The van der Waals surface area contributed by atoms with Crippen molar-refractivity contribution in [1.29, 1.82) is 0 Å². The molecule has 0 aliphatic rings. The number of halogens is 1. The van der Waals surface area contributed by atoms with Gasteiger partial charge in [0.15, 0.2) is 6.61 Å². The number of hydrogen-bond donors (Lipinski definition) is 2. The number of ether oxygens (including phenoxy) is 1. The Morgan fingerprint density at radius 2 is 1.92 bits per heavy atom. The van der Waals surface area contributed by atoms with E-state index in [0.29, 0.717) is 23.0 Å². The van der Waals surface area contributed by atoms with Crippen LogP contribution in [0.15, 0.2) is 18.2 Å². The van der Waals surface area contributed by atoms with Crippen molar-refractivity contribution >= 4 is 35.1 Å². The Bertz CT molecular complexity index is 602. The fourth-order valence-electron chi connectivity index (χ4n) is 1.78. The average Bonchev–Trinajstić information content (AvgIpc) is 2.51. The molecule has 0 spiro atoms. The van der Waals surface area contributed by atoms with E-state index in [4.69, 9.17) is 16.3 Å². The zero-order valence-electron chi connectivity index (χ0n) is 14.1. The topological polar surface area (TPSA) is 84.5 Å². The molecule has 0 heterocycles. The van der Waals surface area contributed by atoms with Crippen LogP contribution in [0.5, 0.6) is 0 Å². The zero-order chi connectivity index (χ0) is 18.1. The van der Waals surface area contributed by atoms with Crippen LogP contribution >= 0.6 is 11.6 Å². The predicted octanol–water partition coefficient (Wildman–Crippen LogP) is 2.68. The van der Waals surface area contributed by atoms with E-state index in [1.807, 2.05) is 20.8 Å². The molecule has 0 aromatic heterocycles. The molecule has 0 unspecified atom stereocenters. The molecular formula is C17H23ClN2O4. The highest BCUT2D eigenvalue weighted by atomic mass is 35.5. The van der Waals surface area contributed by atoms with E-state index in [2.05, 4.69) is 10.6 Å². The van der Waals surface area contributed by atoms with Gasteiger partial charge in [0.25, 0.3) is 5.91 Å². The minimum atomic E-state index is -0.668. The van der Waals surface area contributed by atoms with Crippen molar-refractivity contribution in [3.63, 3.8) is 0 Å². The number of aryl methyl sites for hydroxylation is 1. The smallest absolute Gasteiger partial charge is 0.325 e. The van der Waals surface area contributed by atoms with Crippen LogP contribution < -0.4 is 10.6 Å². The van der Waals surface area contributed by atoms with Crippen molar-refractivity contribution in [3.05, 3.63) is 28.8 Å². The number of nitrogens with one attached hydrogen (secondary N) is 2. The Labute approximate surface area is 146 Å². The second-order valence-corrected chi connectivity index (χ2v) is 6.31. The highest BCUT2D eigenvalue weighted by Gasteiger charge is 2.11. The first-order chi connectivity index (χ1) is 11.3. The summed E-state index contributed by atoms with van der Waals surface area (Å²) in [5.41, 5.74) is 1.42. The quantitative estimate of drug-likeness (QED) is 0.703. The second kappa shape index (κ2) is 9.93. The first-order valence-electron chi connectivity index (χ1n) is 7.76. The molecule has 132 valence electrons. The van der Waals surface area contributed by atoms with Gasteiger partial charge < -0.3 is 15.4 Å².